The number of pyridine rings is 1. The standard InChI is InChI=1S/C41H40F5N3O3S/c1-27-6-15-36-34(22-27)37(50)23-39(53-26-31-4-3-5-35(42)40(31)43)49(36)25-38(51)48(33-16-18-47(19-17-33)20-21-52-2)24-28-7-9-29(10-8-28)30-11-13-32(14-12-30)41(44,45)46/h3-15,22-23,33H,16-21,24-26H2,1-2H3/i2D3,6D,15D,16D2,17D2,18D2,19D2,20D2,22D,23D,25D2,26D2,33D. The third-order valence-corrected chi connectivity index (χ3v) is 8.23. The van der Waals surface area contributed by atoms with Crippen molar-refractivity contribution in [2.24, 2.45) is 0 Å². The average molecular weight is 772 g/mol. The Morgan fingerprint density at radius 2 is 1.75 bits per heavy atom. The highest BCUT2D eigenvalue weighted by Gasteiger charge is 2.31. The molecule has 1 amide bonds. The molecule has 1 aromatic heterocycles. The first-order valence-electron chi connectivity index (χ1n) is 26.2. The van der Waals surface area contributed by atoms with E-state index in [-0.39, 0.29) is 15.7 Å². The molecule has 5 aromatic rings. The number of methoxy groups -OCH3 is 1. The predicted molar refractivity (Wildman–Crippen MR) is 198 cm³/mol. The third-order valence-electron chi connectivity index (χ3n) is 7.43. The number of hydrogen-bond acceptors (Lipinski definition) is 5. The second-order valence-electron chi connectivity index (χ2n) is 11.0. The van der Waals surface area contributed by atoms with Gasteiger partial charge >= 0.3 is 6.18 Å². The Balaban J connectivity index is 1.69. The van der Waals surface area contributed by atoms with E-state index in [1.807, 2.05) is 0 Å². The van der Waals surface area contributed by atoms with Crippen LogP contribution in [0.5, 0.6) is 0 Å². The van der Waals surface area contributed by atoms with Crippen LogP contribution in [0.4, 0.5) is 22.0 Å². The Kier molecular flexibility index (Phi) is 6.03. The molecule has 0 N–H and O–H groups in total. The summed E-state index contributed by atoms with van der Waals surface area (Å²) in [5.41, 5.74) is -8.99. The molecule has 4 aromatic carbocycles. The summed E-state index contributed by atoms with van der Waals surface area (Å²) in [4.78, 5) is 28.6. The number of thioether (sulfide) groups is 1. The molecule has 0 radical (unpaired) electrons. The van der Waals surface area contributed by atoms with E-state index in [2.05, 4.69) is 4.74 Å². The monoisotopic (exact) mass is 771 g/mol. The zero-order chi connectivity index (χ0) is 57.2. The van der Waals surface area contributed by atoms with Crippen molar-refractivity contribution in [3.8, 4) is 11.1 Å². The van der Waals surface area contributed by atoms with Gasteiger partial charge in [-0.15, -0.1) is 11.8 Å². The summed E-state index contributed by atoms with van der Waals surface area (Å²) < 4.78 is 268. The highest BCUT2D eigenvalue weighted by molar-refractivity contribution is 7.98. The highest BCUT2D eigenvalue weighted by Crippen LogP contribution is 2.32. The third kappa shape index (κ3) is 9.17. The summed E-state index contributed by atoms with van der Waals surface area (Å²) in [6.07, 6.45) is -13.9. The molecular formula is C41H40F5N3O3S. The number of likely N-dealkylation sites (tertiary alicyclic amines) is 1. The van der Waals surface area contributed by atoms with Gasteiger partial charge in [0.15, 0.2) is 17.1 Å². The Bertz CT molecular complexity index is 3110. The molecule has 0 spiro atoms. The van der Waals surface area contributed by atoms with Gasteiger partial charge in [0.2, 0.25) is 5.91 Å². The van der Waals surface area contributed by atoms with E-state index in [1.165, 1.54) is 12.1 Å². The number of nitrogens with zero attached hydrogens (tertiary/aromatic N) is 3. The minimum absolute atomic E-state index is 0.135. The number of halogens is 5. The maximum absolute atomic E-state index is 15.7. The number of benzene rings is 4. The van der Waals surface area contributed by atoms with Crippen LogP contribution in [0.15, 0.2) is 101 Å². The van der Waals surface area contributed by atoms with Crippen molar-refractivity contribution in [2.75, 3.05) is 33.1 Å². The second-order valence-corrected chi connectivity index (χ2v) is 11.8. The fourth-order valence-corrected chi connectivity index (χ4v) is 5.58. The molecule has 6 nitrogen and oxygen atoms in total. The van der Waals surface area contributed by atoms with Crippen LogP contribution in [-0.4, -0.2) is 59.4 Å². The topological polar surface area (TPSA) is 54.8 Å². The fourth-order valence-electron chi connectivity index (χ4n) is 4.84. The van der Waals surface area contributed by atoms with Crippen molar-refractivity contribution < 1.29 is 61.6 Å². The van der Waals surface area contributed by atoms with E-state index in [4.69, 9.17) is 20.6 Å². The minimum atomic E-state index is -4.73. The lowest BCUT2D eigenvalue weighted by Crippen LogP contribution is -2.48. The van der Waals surface area contributed by atoms with E-state index in [0.29, 0.717) is 12.1 Å². The Hall–Kier alpha value is -4.52. The van der Waals surface area contributed by atoms with Crippen molar-refractivity contribution in [1.82, 2.24) is 14.4 Å². The molecule has 1 fully saturated rings. The molecule has 278 valence electrons. The number of piperidine rings is 1. The number of ether oxygens (including phenoxy) is 1. The van der Waals surface area contributed by atoms with Gasteiger partial charge in [-0.1, -0.05) is 60.1 Å². The molecule has 0 bridgehead atoms. The van der Waals surface area contributed by atoms with Gasteiger partial charge in [0.25, 0.3) is 0 Å². The number of amides is 1. The summed E-state index contributed by atoms with van der Waals surface area (Å²) in [5.74, 6) is -5.94. The maximum Gasteiger partial charge on any atom is 0.416 e. The second kappa shape index (κ2) is 16.7. The van der Waals surface area contributed by atoms with Crippen molar-refractivity contribution >= 4 is 28.6 Å². The van der Waals surface area contributed by atoms with Crippen LogP contribution in [0.3, 0.4) is 0 Å². The Labute approximate surface area is 340 Å². The quantitative estimate of drug-likeness (QED) is 0.0939. The summed E-state index contributed by atoms with van der Waals surface area (Å²) in [5, 5.41) is -2.49. The molecule has 2 heterocycles. The number of rotatable bonds is 12. The van der Waals surface area contributed by atoms with Gasteiger partial charge in [-0.3, -0.25) is 9.59 Å². The van der Waals surface area contributed by atoms with Crippen molar-refractivity contribution in [1.29, 1.82) is 0 Å². The van der Waals surface area contributed by atoms with Gasteiger partial charge in [0.1, 0.15) is 6.50 Å². The van der Waals surface area contributed by atoms with Gasteiger partial charge < -0.3 is 19.1 Å². The molecule has 0 atom stereocenters. The normalized spacial score (nSPS) is 25.7. The molecular weight excluding hydrogens is 710 g/mol. The highest BCUT2D eigenvalue weighted by atomic mass is 32.2. The van der Waals surface area contributed by atoms with Crippen LogP contribution in [0.2, 0.25) is 0 Å². The number of carbonyl (C=O) groups is 1. The largest absolute Gasteiger partial charge is 0.416 e. The first kappa shape index (κ1) is 19.2. The molecule has 12 heteroatoms. The van der Waals surface area contributed by atoms with Crippen LogP contribution < -0.4 is 5.43 Å². The predicted octanol–water partition coefficient (Wildman–Crippen LogP) is 8.71. The number of aromatic nitrogens is 1. The van der Waals surface area contributed by atoms with Gasteiger partial charge in [0, 0.05) is 78.2 Å². The lowest BCUT2D eigenvalue weighted by molar-refractivity contribution is -0.137. The molecule has 53 heavy (non-hydrogen) atoms. The molecule has 6 rings (SSSR count). The summed E-state index contributed by atoms with van der Waals surface area (Å²) in [6, 6.07) is 0.890. The van der Waals surface area contributed by atoms with E-state index in [0.717, 1.165) is 49.4 Å². The molecule has 0 unspecified atom stereocenters. The molecule has 1 saturated heterocycles. The molecule has 0 aliphatic carbocycles. The molecule has 1 aliphatic heterocycles. The van der Waals surface area contributed by atoms with E-state index in [1.54, 1.807) is 0 Å². The SMILES string of the molecule is [2H]c1c(C)c([2H])c2c(=O)c([2H])c(SC([2H])([2H])c3cccc(F)c3F)n(C([2H])([2H])C(=O)N(Cc3ccc(-c4ccc(C(F)(F)F)cc4)cc3)C3([2H])C([2H])([2H])C([2H])([2H])N(C([2H])([2H])COC([2H])([2H])[2H])C([2H])([2H])C3([2H])[2H])c2c1[2H]. The van der Waals surface area contributed by atoms with Crippen LogP contribution in [0.25, 0.3) is 22.0 Å². The lowest BCUT2D eigenvalue weighted by Gasteiger charge is -2.39. The van der Waals surface area contributed by atoms with E-state index < -0.39 is 184 Å². The lowest BCUT2D eigenvalue weighted by atomic mass is 10.00. The van der Waals surface area contributed by atoms with Crippen LogP contribution in [-0.2, 0) is 34.5 Å². The van der Waals surface area contributed by atoms with Gasteiger partial charge in [0.05, 0.1) is 36.4 Å². The first-order valence-corrected chi connectivity index (χ1v) is 16.0. The number of alkyl halides is 3. The van der Waals surface area contributed by atoms with Crippen molar-refractivity contribution in [3.63, 3.8) is 0 Å². The van der Waals surface area contributed by atoms with Crippen LogP contribution >= 0.6 is 11.8 Å². The molecule has 0 saturated carbocycles. The van der Waals surface area contributed by atoms with Crippen LogP contribution in [0, 0.1) is 18.6 Å². The van der Waals surface area contributed by atoms with Crippen molar-refractivity contribution in [2.45, 2.75) is 55.6 Å². The Morgan fingerprint density at radius 1 is 1.06 bits per heavy atom. The Morgan fingerprint density at radius 3 is 2.43 bits per heavy atom. The summed E-state index contributed by atoms with van der Waals surface area (Å²) >= 11 is -0.459. The van der Waals surface area contributed by atoms with Gasteiger partial charge in [-0.25, -0.2) is 8.78 Å². The summed E-state index contributed by atoms with van der Waals surface area (Å²) in [7, 11) is -3.47. The van der Waals surface area contributed by atoms with E-state index in [9.17, 15) is 32.0 Å². The number of carbonyl (C=O) groups excluding carboxylic acids is 1. The van der Waals surface area contributed by atoms with Gasteiger partial charge in [-0.05, 0) is 66.6 Å². The van der Waals surface area contributed by atoms with Crippen LogP contribution in [0.1, 0.15) is 65.2 Å². The number of hydrogen-bond donors (Lipinski definition) is 0. The smallest absolute Gasteiger partial charge is 0.383 e. The maximum atomic E-state index is 15.7. The zero-order valence-electron chi connectivity index (χ0n) is 49.1. The average Bonchev–Trinajstić information content (AvgIpc) is 3.29. The minimum Gasteiger partial charge on any atom is -0.383 e. The molecule has 1 aliphatic rings. The van der Waals surface area contributed by atoms with Crippen molar-refractivity contribution in [3.05, 3.63) is 135 Å². The zero-order valence-corrected chi connectivity index (χ0v) is 27.9. The fraction of sp³-hybridized carbons (Fsp3) is 0.317. The first-order chi connectivity index (χ1) is 33.9. The number of fused-ring (bicyclic) bond motifs is 1. The van der Waals surface area contributed by atoms with Gasteiger partial charge in [-0.2, -0.15) is 13.2 Å². The summed E-state index contributed by atoms with van der Waals surface area (Å²) in [6.45, 7) is -19.4. The van der Waals surface area contributed by atoms with E-state index >= 15 is 9.18 Å².